The van der Waals surface area contributed by atoms with E-state index in [1.54, 1.807) is 0 Å². The number of hydrogen-bond acceptors (Lipinski definition) is 4. The fourth-order valence-corrected chi connectivity index (χ4v) is 6.95. The van der Waals surface area contributed by atoms with E-state index in [0.717, 1.165) is 43.6 Å². The van der Waals surface area contributed by atoms with Crippen molar-refractivity contribution in [1.82, 2.24) is 4.90 Å². The molecule has 0 aromatic heterocycles. The average molecular weight is 388 g/mol. The van der Waals surface area contributed by atoms with Crippen LogP contribution in [0.3, 0.4) is 0 Å². The highest BCUT2D eigenvalue weighted by Gasteiger charge is 2.50. The third kappa shape index (κ3) is 6.04. The molecule has 4 fully saturated rings. The first kappa shape index (κ1) is 20.8. The molecule has 4 bridgehead atoms. The van der Waals surface area contributed by atoms with Gasteiger partial charge in [-0.25, -0.2) is 4.57 Å². The molecule has 4 aliphatic rings. The van der Waals surface area contributed by atoms with Gasteiger partial charge in [-0.1, -0.05) is 12.8 Å². The molecular formula is C20H38NO4P. The van der Waals surface area contributed by atoms with Crippen LogP contribution in [0.5, 0.6) is 0 Å². The van der Waals surface area contributed by atoms with E-state index < -0.39 is 7.82 Å². The molecule has 6 heteroatoms. The molecule has 26 heavy (non-hydrogen) atoms. The SMILES string of the molecule is CN(C)CCCOP(=O)(O)OCCCCCC12CC3CC(CC(C3)C1)C2. The Hall–Kier alpha value is 0.0700. The molecule has 0 aromatic rings. The molecule has 4 saturated carbocycles. The third-order valence-electron chi connectivity index (χ3n) is 6.78. The molecule has 0 spiro atoms. The number of rotatable bonds is 12. The van der Waals surface area contributed by atoms with Gasteiger partial charge in [-0.05, 0) is 102 Å². The third-order valence-corrected chi connectivity index (χ3v) is 7.79. The average Bonchev–Trinajstić information content (AvgIpc) is 2.53. The smallest absolute Gasteiger partial charge is 0.309 e. The van der Waals surface area contributed by atoms with Crippen LogP contribution in [0.25, 0.3) is 0 Å². The van der Waals surface area contributed by atoms with Gasteiger partial charge >= 0.3 is 7.82 Å². The van der Waals surface area contributed by atoms with Gasteiger partial charge in [0.1, 0.15) is 0 Å². The molecule has 0 aromatic carbocycles. The fourth-order valence-electron chi connectivity index (χ4n) is 6.15. The van der Waals surface area contributed by atoms with Crippen molar-refractivity contribution in [2.45, 2.75) is 70.6 Å². The van der Waals surface area contributed by atoms with E-state index in [9.17, 15) is 9.46 Å². The molecule has 1 unspecified atom stereocenters. The van der Waals surface area contributed by atoms with Crippen LogP contribution >= 0.6 is 7.82 Å². The van der Waals surface area contributed by atoms with Crippen LogP contribution in [0.15, 0.2) is 0 Å². The van der Waals surface area contributed by atoms with E-state index >= 15 is 0 Å². The van der Waals surface area contributed by atoms with Crippen LogP contribution in [0, 0.1) is 23.2 Å². The minimum absolute atomic E-state index is 0.262. The van der Waals surface area contributed by atoms with Gasteiger partial charge in [-0.3, -0.25) is 9.05 Å². The lowest BCUT2D eigenvalue weighted by Crippen LogP contribution is -2.45. The molecule has 152 valence electrons. The maximum Gasteiger partial charge on any atom is 0.472 e. The first-order chi connectivity index (χ1) is 12.4. The van der Waals surface area contributed by atoms with E-state index in [1.165, 1.54) is 51.4 Å². The second kappa shape index (κ2) is 9.05. The number of phosphoric acid groups is 1. The topological polar surface area (TPSA) is 59.0 Å². The Morgan fingerprint density at radius 2 is 1.46 bits per heavy atom. The zero-order chi connectivity index (χ0) is 18.6. The van der Waals surface area contributed by atoms with Crippen molar-refractivity contribution in [3.8, 4) is 0 Å². The van der Waals surface area contributed by atoms with Crippen LogP contribution in [0.2, 0.25) is 0 Å². The highest BCUT2D eigenvalue weighted by Crippen LogP contribution is 2.61. The summed E-state index contributed by atoms with van der Waals surface area (Å²) in [6, 6.07) is 0. The molecule has 0 saturated heterocycles. The monoisotopic (exact) mass is 387 g/mol. The first-order valence-corrected chi connectivity index (χ1v) is 12.1. The summed E-state index contributed by atoms with van der Waals surface area (Å²) in [6.45, 7) is 1.42. The van der Waals surface area contributed by atoms with Crippen molar-refractivity contribution in [1.29, 1.82) is 0 Å². The van der Waals surface area contributed by atoms with E-state index in [1.807, 2.05) is 19.0 Å². The van der Waals surface area contributed by atoms with Gasteiger partial charge in [0, 0.05) is 0 Å². The van der Waals surface area contributed by atoms with E-state index in [2.05, 4.69) is 0 Å². The quantitative estimate of drug-likeness (QED) is 0.383. The van der Waals surface area contributed by atoms with Crippen LogP contribution < -0.4 is 0 Å². The van der Waals surface area contributed by atoms with Crippen molar-refractivity contribution in [2.75, 3.05) is 33.9 Å². The van der Waals surface area contributed by atoms with E-state index in [0.29, 0.717) is 12.0 Å². The summed E-state index contributed by atoms with van der Waals surface area (Å²) in [4.78, 5) is 11.7. The van der Waals surface area contributed by atoms with Crippen molar-refractivity contribution in [3.05, 3.63) is 0 Å². The lowest BCUT2D eigenvalue weighted by molar-refractivity contribution is -0.0584. The number of hydrogen-bond donors (Lipinski definition) is 1. The molecule has 4 aliphatic carbocycles. The standard InChI is InChI=1S/C20H38NO4P/c1-21(2)8-6-10-25-26(22,23)24-9-5-3-4-7-20-14-17-11-18(15-20)13-19(12-17)16-20/h17-19H,3-16H2,1-2H3,(H,22,23). The molecule has 1 atom stereocenters. The Morgan fingerprint density at radius 3 is 2.00 bits per heavy atom. The lowest BCUT2D eigenvalue weighted by Gasteiger charge is -2.57. The summed E-state index contributed by atoms with van der Waals surface area (Å²) in [7, 11) is 0.0747. The van der Waals surface area contributed by atoms with Gasteiger partial charge in [-0.2, -0.15) is 0 Å². The van der Waals surface area contributed by atoms with Crippen LogP contribution in [0.4, 0.5) is 0 Å². The Balaban J connectivity index is 1.25. The summed E-state index contributed by atoms with van der Waals surface area (Å²) in [5, 5.41) is 0. The van der Waals surface area contributed by atoms with Gasteiger partial charge in [0.15, 0.2) is 0 Å². The molecule has 0 aliphatic heterocycles. The van der Waals surface area contributed by atoms with Crippen molar-refractivity contribution >= 4 is 7.82 Å². The van der Waals surface area contributed by atoms with Gasteiger partial charge in [-0.15, -0.1) is 0 Å². The lowest BCUT2D eigenvalue weighted by atomic mass is 9.48. The predicted octanol–water partition coefficient (Wildman–Crippen LogP) is 4.85. The van der Waals surface area contributed by atoms with Crippen LogP contribution in [-0.2, 0) is 13.6 Å². The molecule has 5 nitrogen and oxygen atoms in total. The Kier molecular flexibility index (Phi) is 7.24. The van der Waals surface area contributed by atoms with Gasteiger partial charge in [0.05, 0.1) is 13.2 Å². The molecule has 4 rings (SSSR count). The highest BCUT2D eigenvalue weighted by atomic mass is 31.2. The fraction of sp³-hybridized carbons (Fsp3) is 1.00. The minimum atomic E-state index is -3.87. The second-order valence-electron chi connectivity index (χ2n) is 9.52. The summed E-state index contributed by atoms with van der Waals surface area (Å²) in [5.41, 5.74) is 0.650. The summed E-state index contributed by atoms with van der Waals surface area (Å²) in [6.07, 6.45) is 14.2. The zero-order valence-electron chi connectivity index (χ0n) is 16.7. The van der Waals surface area contributed by atoms with Gasteiger partial charge in [0.2, 0.25) is 0 Å². The van der Waals surface area contributed by atoms with Crippen molar-refractivity contribution < 1.29 is 18.5 Å². The molecular weight excluding hydrogens is 349 g/mol. The molecule has 0 amide bonds. The van der Waals surface area contributed by atoms with Crippen LogP contribution in [0.1, 0.15) is 70.6 Å². The van der Waals surface area contributed by atoms with Gasteiger partial charge in [0.25, 0.3) is 0 Å². The van der Waals surface area contributed by atoms with Crippen LogP contribution in [-0.4, -0.2) is 43.6 Å². The maximum atomic E-state index is 11.8. The highest BCUT2D eigenvalue weighted by molar-refractivity contribution is 7.47. The number of unbranched alkanes of at least 4 members (excludes halogenated alkanes) is 2. The van der Waals surface area contributed by atoms with Crippen molar-refractivity contribution in [2.24, 2.45) is 23.2 Å². The number of nitrogens with zero attached hydrogens (tertiary/aromatic N) is 1. The summed E-state index contributed by atoms with van der Waals surface area (Å²) in [5.74, 6) is 3.07. The normalized spacial score (nSPS) is 35.2. The zero-order valence-corrected chi connectivity index (χ0v) is 17.6. The Morgan fingerprint density at radius 1 is 0.923 bits per heavy atom. The maximum absolute atomic E-state index is 11.8. The van der Waals surface area contributed by atoms with Crippen molar-refractivity contribution in [3.63, 3.8) is 0 Å². The summed E-state index contributed by atoms with van der Waals surface area (Å²) < 4.78 is 21.9. The molecule has 1 N–H and O–H groups in total. The minimum Gasteiger partial charge on any atom is -0.309 e. The Bertz CT molecular complexity index is 461. The largest absolute Gasteiger partial charge is 0.472 e. The first-order valence-electron chi connectivity index (χ1n) is 10.6. The van der Waals surface area contributed by atoms with E-state index in [4.69, 9.17) is 9.05 Å². The molecule has 0 radical (unpaired) electrons. The van der Waals surface area contributed by atoms with E-state index in [-0.39, 0.29) is 6.61 Å². The predicted molar refractivity (Wildman–Crippen MR) is 104 cm³/mol. The summed E-state index contributed by atoms with van der Waals surface area (Å²) >= 11 is 0. The second-order valence-corrected chi connectivity index (χ2v) is 11.0. The van der Waals surface area contributed by atoms with Gasteiger partial charge < -0.3 is 9.79 Å². The Labute approximate surface area is 159 Å². The number of phosphoric ester groups is 1. The molecule has 0 heterocycles.